The molecule has 2 aromatic carbocycles. The lowest BCUT2D eigenvalue weighted by Crippen LogP contribution is -2.25. The third-order valence-corrected chi connectivity index (χ3v) is 6.60. The standard InChI is InChI=1S/C24H23BrClN3O4/c1-14(24(31)32)33-21-18(25)11-15(12-19(21)26)13-27-29-22(16-7-3-2-4-8-16)28-20-10-6-5-9-17(20)23(29)30/h5-6,9-14,16H,2-4,7-8H2,1H3,(H,31,32)/t14-/m0/s1. The van der Waals surface area contributed by atoms with Gasteiger partial charge in [0.1, 0.15) is 5.82 Å². The van der Waals surface area contributed by atoms with Gasteiger partial charge in [0.2, 0.25) is 0 Å². The fraction of sp³-hybridized carbons (Fsp3) is 0.333. The minimum absolute atomic E-state index is 0.178. The number of aliphatic carboxylic acids is 1. The third-order valence-electron chi connectivity index (χ3n) is 5.73. The maximum absolute atomic E-state index is 13.3. The number of aromatic nitrogens is 2. The molecule has 1 fully saturated rings. The highest BCUT2D eigenvalue weighted by atomic mass is 79.9. The van der Waals surface area contributed by atoms with Gasteiger partial charge in [-0.1, -0.05) is 43.0 Å². The first kappa shape index (κ1) is 23.4. The van der Waals surface area contributed by atoms with Crippen LogP contribution in [0, 0.1) is 0 Å². The van der Waals surface area contributed by atoms with E-state index in [1.807, 2.05) is 18.2 Å². The molecular formula is C24H23BrClN3O4. The van der Waals surface area contributed by atoms with Crippen molar-refractivity contribution >= 4 is 50.6 Å². The molecular weight excluding hydrogens is 510 g/mol. The molecule has 33 heavy (non-hydrogen) atoms. The van der Waals surface area contributed by atoms with Crippen molar-refractivity contribution in [2.75, 3.05) is 0 Å². The monoisotopic (exact) mass is 531 g/mol. The zero-order valence-corrected chi connectivity index (χ0v) is 20.3. The molecule has 1 aromatic heterocycles. The number of benzene rings is 2. The first-order valence-electron chi connectivity index (χ1n) is 10.8. The van der Waals surface area contributed by atoms with E-state index in [1.165, 1.54) is 18.0 Å². The van der Waals surface area contributed by atoms with Gasteiger partial charge in [-0.3, -0.25) is 4.79 Å². The largest absolute Gasteiger partial charge is 0.479 e. The fourth-order valence-corrected chi connectivity index (χ4v) is 4.95. The van der Waals surface area contributed by atoms with E-state index in [4.69, 9.17) is 26.4 Å². The van der Waals surface area contributed by atoms with Gasteiger partial charge in [0.25, 0.3) is 5.56 Å². The van der Waals surface area contributed by atoms with Crippen molar-refractivity contribution in [2.45, 2.75) is 51.0 Å². The van der Waals surface area contributed by atoms with E-state index in [2.05, 4.69) is 21.0 Å². The number of fused-ring (bicyclic) bond motifs is 1. The molecule has 1 N–H and O–H groups in total. The van der Waals surface area contributed by atoms with Gasteiger partial charge >= 0.3 is 5.97 Å². The molecule has 3 aromatic rings. The van der Waals surface area contributed by atoms with E-state index < -0.39 is 12.1 Å². The van der Waals surface area contributed by atoms with Crippen molar-refractivity contribution in [1.29, 1.82) is 0 Å². The molecule has 1 aliphatic rings. The predicted molar refractivity (Wildman–Crippen MR) is 132 cm³/mol. The van der Waals surface area contributed by atoms with E-state index in [1.54, 1.807) is 24.4 Å². The molecule has 0 aliphatic heterocycles. The van der Waals surface area contributed by atoms with Gasteiger partial charge in [0.15, 0.2) is 11.9 Å². The summed E-state index contributed by atoms with van der Waals surface area (Å²) in [6, 6.07) is 10.6. The summed E-state index contributed by atoms with van der Waals surface area (Å²) in [6.07, 6.45) is 5.85. The van der Waals surface area contributed by atoms with Crippen LogP contribution in [0.3, 0.4) is 0 Å². The zero-order chi connectivity index (χ0) is 23.5. The lowest BCUT2D eigenvalue weighted by Gasteiger charge is -2.22. The first-order chi connectivity index (χ1) is 15.8. The Bertz CT molecular complexity index is 1260. The van der Waals surface area contributed by atoms with Crippen LogP contribution in [0.5, 0.6) is 5.75 Å². The second-order valence-corrected chi connectivity index (χ2v) is 9.36. The average Bonchev–Trinajstić information content (AvgIpc) is 2.81. The van der Waals surface area contributed by atoms with Crippen LogP contribution < -0.4 is 10.3 Å². The first-order valence-corrected chi connectivity index (χ1v) is 12.0. The average molecular weight is 533 g/mol. The summed E-state index contributed by atoms with van der Waals surface area (Å²) in [5.41, 5.74) is 1.09. The number of nitrogens with zero attached hydrogens (tertiary/aromatic N) is 3. The number of rotatable bonds is 6. The summed E-state index contributed by atoms with van der Waals surface area (Å²) in [5, 5.41) is 14.3. The Hall–Kier alpha value is -2.71. The highest BCUT2D eigenvalue weighted by Gasteiger charge is 2.22. The number of carboxylic acid groups (broad SMARTS) is 1. The maximum Gasteiger partial charge on any atom is 0.344 e. The lowest BCUT2D eigenvalue weighted by molar-refractivity contribution is -0.144. The second kappa shape index (κ2) is 10.1. The number of carbonyl (C=O) groups is 1. The van der Waals surface area contributed by atoms with Crippen LogP contribution in [-0.4, -0.2) is 33.1 Å². The smallest absolute Gasteiger partial charge is 0.344 e. The summed E-state index contributed by atoms with van der Waals surface area (Å²) in [5.74, 6) is -0.00922. The van der Waals surface area contributed by atoms with E-state index in [-0.39, 0.29) is 22.2 Å². The van der Waals surface area contributed by atoms with Crippen molar-refractivity contribution in [3.8, 4) is 5.75 Å². The predicted octanol–water partition coefficient (Wildman–Crippen LogP) is 5.59. The molecule has 0 bridgehead atoms. The molecule has 0 spiro atoms. The highest BCUT2D eigenvalue weighted by Crippen LogP contribution is 2.35. The van der Waals surface area contributed by atoms with Gasteiger partial charge in [-0.25, -0.2) is 9.78 Å². The molecule has 0 unspecified atom stereocenters. The number of hydrogen-bond acceptors (Lipinski definition) is 5. The van der Waals surface area contributed by atoms with Gasteiger partial charge in [-0.2, -0.15) is 9.78 Å². The van der Waals surface area contributed by atoms with E-state index >= 15 is 0 Å². The van der Waals surface area contributed by atoms with Crippen molar-refractivity contribution in [3.63, 3.8) is 0 Å². The van der Waals surface area contributed by atoms with Gasteiger partial charge in [0.05, 0.1) is 26.6 Å². The van der Waals surface area contributed by atoms with Gasteiger partial charge in [0, 0.05) is 5.92 Å². The van der Waals surface area contributed by atoms with Crippen molar-refractivity contribution in [1.82, 2.24) is 9.66 Å². The minimum Gasteiger partial charge on any atom is -0.479 e. The molecule has 0 radical (unpaired) electrons. The topological polar surface area (TPSA) is 93.8 Å². The molecule has 0 saturated heterocycles. The van der Waals surface area contributed by atoms with Crippen molar-refractivity contribution in [3.05, 3.63) is 67.6 Å². The van der Waals surface area contributed by atoms with E-state index in [9.17, 15) is 9.59 Å². The van der Waals surface area contributed by atoms with Gasteiger partial charge < -0.3 is 9.84 Å². The maximum atomic E-state index is 13.3. The third kappa shape index (κ3) is 5.12. The molecule has 1 heterocycles. The van der Waals surface area contributed by atoms with Crippen LogP contribution in [-0.2, 0) is 4.79 Å². The van der Waals surface area contributed by atoms with Crippen LogP contribution in [0.1, 0.15) is 56.3 Å². The lowest BCUT2D eigenvalue weighted by atomic mass is 9.88. The molecule has 0 amide bonds. The summed E-state index contributed by atoms with van der Waals surface area (Å²) >= 11 is 9.72. The second-order valence-electron chi connectivity index (χ2n) is 8.10. The number of para-hydroxylation sites is 1. The van der Waals surface area contributed by atoms with Crippen molar-refractivity contribution in [2.24, 2.45) is 5.10 Å². The SMILES string of the molecule is C[C@H](Oc1c(Cl)cc(C=Nn2c(C3CCCCC3)nc3ccccc3c2=O)cc1Br)C(=O)O. The van der Waals surface area contributed by atoms with Crippen LogP contribution in [0.4, 0.5) is 0 Å². The normalized spacial score (nSPS) is 15.7. The van der Waals surface area contributed by atoms with Crippen LogP contribution in [0.15, 0.2) is 50.8 Å². The molecule has 1 aliphatic carbocycles. The Morgan fingerprint density at radius 1 is 1.30 bits per heavy atom. The van der Waals surface area contributed by atoms with Gasteiger partial charge in [-0.15, -0.1) is 0 Å². The number of halogens is 2. The Morgan fingerprint density at radius 2 is 2.03 bits per heavy atom. The van der Waals surface area contributed by atoms with Crippen LogP contribution in [0.25, 0.3) is 10.9 Å². The van der Waals surface area contributed by atoms with Crippen molar-refractivity contribution < 1.29 is 14.6 Å². The quantitative estimate of drug-likeness (QED) is 0.417. The highest BCUT2D eigenvalue weighted by molar-refractivity contribution is 9.10. The van der Waals surface area contributed by atoms with E-state index in [0.717, 1.165) is 25.7 Å². The molecule has 1 saturated carbocycles. The Kier molecular flexibility index (Phi) is 7.14. The fourth-order valence-electron chi connectivity index (χ4n) is 4.00. The number of ether oxygens (including phenoxy) is 1. The Balaban J connectivity index is 1.74. The summed E-state index contributed by atoms with van der Waals surface area (Å²) in [4.78, 5) is 29.2. The number of hydrogen-bond donors (Lipinski definition) is 1. The molecule has 7 nitrogen and oxygen atoms in total. The summed E-state index contributed by atoms with van der Waals surface area (Å²) in [6.45, 7) is 1.42. The van der Waals surface area contributed by atoms with Crippen LogP contribution in [0.2, 0.25) is 5.02 Å². The zero-order valence-electron chi connectivity index (χ0n) is 18.0. The van der Waals surface area contributed by atoms with Gasteiger partial charge in [-0.05, 0) is 65.5 Å². The van der Waals surface area contributed by atoms with E-state index in [0.29, 0.717) is 26.8 Å². The summed E-state index contributed by atoms with van der Waals surface area (Å²) in [7, 11) is 0. The summed E-state index contributed by atoms with van der Waals surface area (Å²) < 4.78 is 7.32. The van der Waals surface area contributed by atoms with Crippen LogP contribution >= 0.6 is 27.5 Å². The Morgan fingerprint density at radius 3 is 2.73 bits per heavy atom. The molecule has 172 valence electrons. The molecule has 9 heteroatoms. The molecule has 1 atom stereocenters. The number of carboxylic acids is 1. The molecule has 4 rings (SSSR count). The Labute approximate surface area is 204 Å². The minimum atomic E-state index is -1.10.